The molecule has 1 aromatic carbocycles. The molecule has 0 unspecified atom stereocenters. The molecule has 0 aliphatic carbocycles. The van der Waals surface area contributed by atoms with Gasteiger partial charge in [0.1, 0.15) is 5.82 Å². The van der Waals surface area contributed by atoms with Crippen molar-refractivity contribution in [1.29, 1.82) is 0 Å². The van der Waals surface area contributed by atoms with Crippen molar-refractivity contribution in [3.05, 3.63) is 47.0 Å². The van der Waals surface area contributed by atoms with E-state index in [0.29, 0.717) is 12.2 Å². The van der Waals surface area contributed by atoms with Crippen LogP contribution in [0.1, 0.15) is 17.0 Å². The minimum atomic E-state index is -0.448. The van der Waals surface area contributed by atoms with Crippen molar-refractivity contribution in [2.75, 3.05) is 0 Å². The van der Waals surface area contributed by atoms with Crippen LogP contribution < -0.4 is 5.73 Å². The first-order valence-corrected chi connectivity index (χ1v) is 5.48. The monoisotopic (exact) mass is 248 g/mol. The number of primary amides is 1. The van der Waals surface area contributed by atoms with E-state index in [4.69, 9.17) is 5.73 Å². The van der Waals surface area contributed by atoms with Crippen molar-refractivity contribution >= 4 is 5.91 Å². The fourth-order valence-corrected chi connectivity index (χ4v) is 1.68. The second-order valence-electron chi connectivity index (χ2n) is 4.05. The van der Waals surface area contributed by atoms with E-state index in [1.807, 2.05) is 0 Å². The van der Waals surface area contributed by atoms with E-state index < -0.39 is 5.91 Å². The lowest BCUT2D eigenvalue weighted by Crippen LogP contribution is -2.15. The quantitative estimate of drug-likeness (QED) is 0.869. The third-order valence-electron chi connectivity index (χ3n) is 2.64. The van der Waals surface area contributed by atoms with Gasteiger partial charge in [-0.15, -0.1) is 5.10 Å². The van der Waals surface area contributed by atoms with Crippen molar-refractivity contribution in [3.63, 3.8) is 0 Å². The molecule has 2 rings (SSSR count). The lowest BCUT2D eigenvalue weighted by Gasteiger charge is -2.04. The molecule has 2 N–H and O–H groups in total. The van der Waals surface area contributed by atoms with Gasteiger partial charge in [-0.2, -0.15) is 0 Å². The van der Waals surface area contributed by atoms with Crippen molar-refractivity contribution < 1.29 is 9.18 Å². The van der Waals surface area contributed by atoms with E-state index in [1.54, 1.807) is 23.7 Å². The van der Waals surface area contributed by atoms with Gasteiger partial charge >= 0.3 is 0 Å². The van der Waals surface area contributed by atoms with Crippen LogP contribution in [0.4, 0.5) is 4.39 Å². The number of carbonyl (C=O) groups excluding carboxylic acids is 1. The number of rotatable bonds is 4. The normalized spacial score (nSPS) is 10.6. The van der Waals surface area contributed by atoms with Gasteiger partial charge in [-0.1, -0.05) is 17.3 Å². The summed E-state index contributed by atoms with van der Waals surface area (Å²) in [5.74, 6) is -0.737. The number of benzene rings is 1. The fraction of sp³-hybridized carbons (Fsp3) is 0.250. The van der Waals surface area contributed by atoms with Gasteiger partial charge in [0, 0.05) is 0 Å². The molecule has 1 heterocycles. The fourth-order valence-electron chi connectivity index (χ4n) is 1.68. The summed E-state index contributed by atoms with van der Waals surface area (Å²) in [6.45, 7) is 2.22. The maximum Gasteiger partial charge on any atom is 0.223 e. The van der Waals surface area contributed by atoms with E-state index in [2.05, 4.69) is 10.3 Å². The highest BCUT2D eigenvalue weighted by atomic mass is 19.1. The maximum atomic E-state index is 13.0. The number of halogens is 1. The molecule has 0 saturated carbocycles. The average molecular weight is 248 g/mol. The first-order valence-electron chi connectivity index (χ1n) is 5.48. The van der Waals surface area contributed by atoms with Crippen LogP contribution in [0.2, 0.25) is 0 Å². The summed E-state index contributed by atoms with van der Waals surface area (Å²) in [6, 6.07) is 6.27. The lowest BCUT2D eigenvalue weighted by atomic mass is 10.2. The summed E-state index contributed by atoms with van der Waals surface area (Å²) in [7, 11) is 0. The topological polar surface area (TPSA) is 73.8 Å². The predicted molar refractivity (Wildman–Crippen MR) is 63.2 cm³/mol. The Bertz CT molecular complexity index is 579. The molecule has 1 aromatic heterocycles. The maximum absolute atomic E-state index is 13.0. The van der Waals surface area contributed by atoms with E-state index in [0.717, 1.165) is 11.3 Å². The van der Waals surface area contributed by atoms with Gasteiger partial charge in [-0.25, -0.2) is 9.07 Å². The van der Waals surface area contributed by atoms with E-state index >= 15 is 0 Å². The van der Waals surface area contributed by atoms with Crippen LogP contribution in [-0.4, -0.2) is 20.9 Å². The van der Waals surface area contributed by atoms with Crippen LogP contribution >= 0.6 is 0 Å². The Labute approximate surface area is 103 Å². The molecule has 0 atom stereocenters. The van der Waals surface area contributed by atoms with E-state index in [1.165, 1.54) is 12.1 Å². The zero-order chi connectivity index (χ0) is 13.1. The zero-order valence-electron chi connectivity index (χ0n) is 9.93. The van der Waals surface area contributed by atoms with Gasteiger partial charge in [0.2, 0.25) is 5.91 Å². The van der Waals surface area contributed by atoms with Gasteiger partial charge in [0.25, 0.3) is 0 Å². The van der Waals surface area contributed by atoms with Gasteiger partial charge in [0.15, 0.2) is 0 Å². The molecule has 2 aromatic rings. The smallest absolute Gasteiger partial charge is 0.223 e. The first-order chi connectivity index (χ1) is 8.56. The van der Waals surface area contributed by atoms with Crippen LogP contribution in [-0.2, 0) is 17.8 Å². The van der Waals surface area contributed by atoms with Crippen LogP contribution in [0.15, 0.2) is 24.3 Å². The second-order valence-corrected chi connectivity index (χ2v) is 4.05. The van der Waals surface area contributed by atoms with Crippen molar-refractivity contribution in [2.45, 2.75) is 19.9 Å². The van der Waals surface area contributed by atoms with Gasteiger partial charge in [-0.05, 0) is 24.6 Å². The molecular weight excluding hydrogens is 235 g/mol. The first kappa shape index (κ1) is 12.2. The standard InChI is InChI=1S/C12H13FN4O/c1-8-11(6-12(14)18)15-16-17(8)7-9-3-2-4-10(13)5-9/h2-5H,6-7H2,1H3,(H2,14,18). The molecule has 0 spiro atoms. The molecule has 0 bridgehead atoms. The van der Waals surface area contributed by atoms with Crippen molar-refractivity contribution in [1.82, 2.24) is 15.0 Å². The highest BCUT2D eigenvalue weighted by molar-refractivity contribution is 5.76. The highest BCUT2D eigenvalue weighted by Gasteiger charge is 2.11. The Morgan fingerprint density at radius 3 is 2.94 bits per heavy atom. The molecule has 94 valence electrons. The largest absolute Gasteiger partial charge is 0.369 e. The van der Waals surface area contributed by atoms with Gasteiger partial charge in [-0.3, -0.25) is 4.79 Å². The third kappa shape index (κ3) is 2.71. The van der Waals surface area contributed by atoms with E-state index in [9.17, 15) is 9.18 Å². The van der Waals surface area contributed by atoms with E-state index in [-0.39, 0.29) is 12.2 Å². The molecule has 5 nitrogen and oxygen atoms in total. The third-order valence-corrected chi connectivity index (χ3v) is 2.64. The zero-order valence-corrected chi connectivity index (χ0v) is 9.93. The molecule has 0 fully saturated rings. The Hall–Kier alpha value is -2.24. The highest BCUT2D eigenvalue weighted by Crippen LogP contribution is 2.09. The summed E-state index contributed by atoms with van der Waals surface area (Å²) < 4.78 is 14.7. The van der Waals surface area contributed by atoms with Crippen molar-refractivity contribution in [2.24, 2.45) is 5.73 Å². The Morgan fingerprint density at radius 1 is 1.50 bits per heavy atom. The molecule has 18 heavy (non-hydrogen) atoms. The Kier molecular flexibility index (Phi) is 3.36. The molecule has 0 aliphatic rings. The summed E-state index contributed by atoms with van der Waals surface area (Å²) >= 11 is 0. The molecule has 1 amide bonds. The van der Waals surface area contributed by atoms with Crippen LogP contribution in [0, 0.1) is 12.7 Å². The number of nitrogens with zero attached hydrogens (tertiary/aromatic N) is 3. The number of nitrogens with two attached hydrogens (primary N) is 1. The molecular formula is C12H13FN4O. The molecule has 0 saturated heterocycles. The predicted octanol–water partition coefficient (Wildman–Crippen LogP) is 0.802. The number of hydrogen-bond donors (Lipinski definition) is 1. The summed E-state index contributed by atoms with van der Waals surface area (Å²) in [5.41, 5.74) is 7.21. The molecule has 6 heteroatoms. The summed E-state index contributed by atoms with van der Waals surface area (Å²) in [6.07, 6.45) is 0.0645. The molecule has 0 aliphatic heterocycles. The van der Waals surface area contributed by atoms with Crippen LogP contribution in [0.5, 0.6) is 0 Å². The van der Waals surface area contributed by atoms with Crippen LogP contribution in [0.3, 0.4) is 0 Å². The number of hydrogen-bond acceptors (Lipinski definition) is 3. The van der Waals surface area contributed by atoms with Gasteiger partial charge < -0.3 is 5.73 Å². The van der Waals surface area contributed by atoms with Crippen molar-refractivity contribution in [3.8, 4) is 0 Å². The lowest BCUT2D eigenvalue weighted by molar-refractivity contribution is -0.117. The number of aromatic nitrogens is 3. The summed E-state index contributed by atoms with van der Waals surface area (Å²) in [5, 5.41) is 7.82. The minimum Gasteiger partial charge on any atom is -0.369 e. The van der Waals surface area contributed by atoms with Gasteiger partial charge in [0.05, 0.1) is 24.4 Å². The Balaban J connectivity index is 2.20. The van der Waals surface area contributed by atoms with Crippen LogP contribution in [0.25, 0.3) is 0 Å². The molecule has 0 radical (unpaired) electrons. The average Bonchev–Trinajstić information content (AvgIpc) is 2.61. The summed E-state index contributed by atoms with van der Waals surface area (Å²) in [4.78, 5) is 10.8. The SMILES string of the molecule is Cc1c(CC(N)=O)nnn1Cc1cccc(F)c1. The number of amides is 1. The Morgan fingerprint density at radius 2 is 2.28 bits per heavy atom. The minimum absolute atomic E-state index is 0.0645. The number of carbonyl (C=O) groups is 1. The second kappa shape index (κ2) is 4.95.